The molecule has 0 radical (unpaired) electrons. The van der Waals surface area contributed by atoms with Crippen LogP contribution in [0.3, 0.4) is 0 Å². The molecule has 1 heterocycles. The number of nitrogens with one attached hydrogen (secondary N) is 2. The van der Waals surface area contributed by atoms with E-state index in [1.165, 1.54) is 12.1 Å². The summed E-state index contributed by atoms with van der Waals surface area (Å²) in [5.74, 6) is 1.48. The summed E-state index contributed by atoms with van der Waals surface area (Å²) in [6.07, 6.45) is -3.86. The zero-order chi connectivity index (χ0) is 20.9. The standard InChI is InChI=1S/C20H19F3N4O2/c1-29-16-4-2-3-15(11-16)26-19-24-10-9-18(27-19)25-12-17(28)13-5-7-14(8-6-13)20(21,22)23/h2-11,17,28H,12H2,1H3,(H2,24,25,26,27). The van der Waals surface area contributed by atoms with Crippen LogP contribution >= 0.6 is 0 Å². The number of aliphatic hydroxyl groups is 1. The zero-order valence-electron chi connectivity index (χ0n) is 15.4. The van der Waals surface area contributed by atoms with Gasteiger partial charge in [0.15, 0.2) is 0 Å². The Kier molecular flexibility index (Phi) is 6.18. The number of methoxy groups -OCH3 is 1. The maximum Gasteiger partial charge on any atom is 0.416 e. The topological polar surface area (TPSA) is 79.3 Å². The number of anilines is 3. The average molecular weight is 404 g/mol. The van der Waals surface area contributed by atoms with Crippen LogP contribution in [0, 0.1) is 0 Å². The van der Waals surface area contributed by atoms with Crippen molar-refractivity contribution in [2.45, 2.75) is 12.3 Å². The largest absolute Gasteiger partial charge is 0.497 e. The third kappa shape index (κ3) is 5.58. The lowest BCUT2D eigenvalue weighted by Gasteiger charge is -2.14. The Labute approximate surface area is 165 Å². The first kappa shape index (κ1) is 20.4. The highest BCUT2D eigenvalue weighted by Crippen LogP contribution is 2.30. The normalized spacial score (nSPS) is 12.3. The highest BCUT2D eigenvalue weighted by molar-refractivity contribution is 5.57. The molecule has 0 saturated heterocycles. The molecule has 0 aliphatic rings. The number of nitrogens with zero attached hydrogens (tertiary/aromatic N) is 2. The third-order valence-corrected chi connectivity index (χ3v) is 4.08. The molecule has 3 rings (SSSR count). The molecule has 3 aromatic rings. The molecule has 6 nitrogen and oxygen atoms in total. The lowest BCUT2D eigenvalue weighted by molar-refractivity contribution is -0.137. The van der Waals surface area contributed by atoms with E-state index >= 15 is 0 Å². The molecular formula is C20H19F3N4O2. The van der Waals surface area contributed by atoms with Crippen molar-refractivity contribution in [3.8, 4) is 5.75 Å². The maximum absolute atomic E-state index is 12.6. The minimum atomic E-state index is -4.41. The van der Waals surface area contributed by atoms with Crippen molar-refractivity contribution >= 4 is 17.5 Å². The fourth-order valence-corrected chi connectivity index (χ4v) is 2.56. The first-order valence-corrected chi connectivity index (χ1v) is 8.68. The van der Waals surface area contributed by atoms with Crippen LogP contribution in [0.15, 0.2) is 60.8 Å². The van der Waals surface area contributed by atoms with Gasteiger partial charge in [-0.1, -0.05) is 18.2 Å². The molecule has 0 fully saturated rings. The van der Waals surface area contributed by atoms with Crippen molar-refractivity contribution in [3.05, 3.63) is 71.9 Å². The maximum atomic E-state index is 12.6. The summed E-state index contributed by atoms with van der Waals surface area (Å²) in [7, 11) is 1.57. The highest BCUT2D eigenvalue weighted by atomic mass is 19.4. The molecule has 0 saturated carbocycles. The molecule has 152 valence electrons. The molecule has 0 aliphatic heterocycles. The summed E-state index contributed by atoms with van der Waals surface area (Å²) in [5.41, 5.74) is 0.353. The number of alkyl halides is 3. The predicted octanol–water partition coefficient (Wildman–Crippen LogP) is 4.39. The van der Waals surface area contributed by atoms with Crippen molar-refractivity contribution in [2.24, 2.45) is 0 Å². The summed E-state index contributed by atoms with van der Waals surface area (Å²) < 4.78 is 43.0. The Morgan fingerprint density at radius 1 is 1.10 bits per heavy atom. The predicted molar refractivity (Wildman–Crippen MR) is 103 cm³/mol. The van der Waals surface area contributed by atoms with E-state index in [9.17, 15) is 18.3 Å². The number of benzene rings is 2. The van der Waals surface area contributed by atoms with Gasteiger partial charge in [0.2, 0.25) is 5.95 Å². The second-order valence-corrected chi connectivity index (χ2v) is 6.14. The third-order valence-electron chi connectivity index (χ3n) is 4.08. The van der Waals surface area contributed by atoms with Crippen LogP contribution in [0.5, 0.6) is 5.75 Å². The molecule has 3 N–H and O–H groups in total. The number of ether oxygens (including phenoxy) is 1. The highest BCUT2D eigenvalue weighted by Gasteiger charge is 2.30. The quantitative estimate of drug-likeness (QED) is 0.542. The lowest BCUT2D eigenvalue weighted by Crippen LogP contribution is -2.14. The minimum Gasteiger partial charge on any atom is -0.497 e. The number of hydrogen-bond donors (Lipinski definition) is 3. The second kappa shape index (κ2) is 8.78. The molecular weight excluding hydrogens is 385 g/mol. The first-order chi connectivity index (χ1) is 13.8. The number of aromatic nitrogens is 2. The summed E-state index contributed by atoms with van der Waals surface area (Å²) in [4.78, 5) is 8.44. The smallest absolute Gasteiger partial charge is 0.416 e. The van der Waals surface area contributed by atoms with Crippen molar-refractivity contribution in [3.63, 3.8) is 0 Å². The van der Waals surface area contributed by atoms with Crippen LogP contribution in [0.1, 0.15) is 17.2 Å². The van der Waals surface area contributed by atoms with Gasteiger partial charge in [0.05, 0.1) is 18.8 Å². The summed E-state index contributed by atoms with van der Waals surface area (Å²) in [5, 5.41) is 16.2. The summed E-state index contributed by atoms with van der Waals surface area (Å²) in [6, 6.07) is 13.3. The second-order valence-electron chi connectivity index (χ2n) is 6.14. The van der Waals surface area contributed by atoms with Gasteiger partial charge in [0.25, 0.3) is 0 Å². The molecule has 0 amide bonds. The Hall–Kier alpha value is -3.33. The van der Waals surface area contributed by atoms with E-state index in [1.54, 1.807) is 25.4 Å². The van der Waals surface area contributed by atoms with Crippen LogP contribution in [0.25, 0.3) is 0 Å². The van der Waals surface area contributed by atoms with Gasteiger partial charge in [-0.2, -0.15) is 18.2 Å². The molecule has 1 atom stereocenters. The number of hydrogen-bond acceptors (Lipinski definition) is 6. The van der Waals surface area contributed by atoms with Gasteiger partial charge >= 0.3 is 6.18 Å². The molecule has 29 heavy (non-hydrogen) atoms. The van der Waals surface area contributed by atoms with E-state index in [1.807, 2.05) is 18.2 Å². The fraction of sp³-hybridized carbons (Fsp3) is 0.200. The van der Waals surface area contributed by atoms with Crippen LogP contribution < -0.4 is 15.4 Å². The molecule has 0 bridgehead atoms. The van der Waals surface area contributed by atoms with Crippen LogP contribution in [0.2, 0.25) is 0 Å². The van der Waals surface area contributed by atoms with Gasteiger partial charge in [-0.05, 0) is 35.9 Å². The van der Waals surface area contributed by atoms with E-state index in [4.69, 9.17) is 4.74 Å². The lowest BCUT2D eigenvalue weighted by atomic mass is 10.1. The van der Waals surface area contributed by atoms with Crippen molar-refractivity contribution in [2.75, 3.05) is 24.3 Å². The SMILES string of the molecule is COc1cccc(Nc2nccc(NCC(O)c3ccc(C(F)(F)F)cc3)n2)c1. The molecule has 2 aromatic carbocycles. The number of rotatable bonds is 7. The Morgan fingerprint density at radius 3 is 2.55 bits per heavy atom. The average Bonchev–Trinajstić information content (AvgIpc) is 2.72. The monoisotopic (exact) mass is 404 g/mol. The van der Waals surface area contributed by atoms with E-state index in [0.717, 1.165) is 17.8 Å². The van der Waals surface area contributed by atoms with Crippen LogP contribution in [0.4, 0.5) is 30.6 Å². The summed E-state index contributed by atoms with van der Waals surface area (Å²) in [6.45, 7) is 0.0704. The zero-order valence-corrected chi connectivity index (χ0v) is 15.4. The van der Waals surface area contributed by atoms with E-state index in [2.05, 4.69) is 20.6 Å². The van der Waals surface area contributed by atoms with Crippen molar-refractivity contribution in [1.82, 2.24) is 9.97 Å². The van der Waals surface area contributed by atoms with Gasteiger partial charge in [0.1, 0.15) is 11.6 Å². The van der Waals surface area contributed by atoms with E-state index in [-0.39, 0.29) is 6.54 Å². The molecule has 1 aromatic heterocycles. The van der Waals surface area contributed by atoms with Crippen molar-refractivity contribution in [1.29, 1.82) is 0 Å². The van der Waals surface area contributed by atoms with Gasteiger partial charge in [-0.3, -0.25) is 0 Å². The van der Waals surface area contributed by atoms with Crippen LogP contribution in [-0.2, 0) is 6.18 Å². The van der Waals surface area contributed by atoms with Gasteiger partial charge in [-0.25, -0.2) is 4.98 Å². The van der Waals surface area contributed by atoms with Gasteiger partial charge in [-0.15, -0.1) is 0 Å². The van der Waals surface area contributed by atoms with E-state index < -0.39 is 17.8 Å². The molecule has 0 aliphatic carbocycles. The first-order valence-electron chi connectivity index (χ1n) is 8.68. The molecule has 0 spiro atoms. The van der Waals surface area contributed by atoms with Crippen LogP contribution in [-0.4, -0.2) is 28.7 Å². The summed E-state index contributed by atoms with van der Waals surface area (Å²) >= 11 is 0. The number of halogens is 3. The fourth-order valence-electron chi connectivity index (χ4n) is 2.56. The van der Waals surface area contributed by atoms with E-state index in [0.29, 0.717) is 23.1 Å². The molecule has 9 heteroatoms. The number of aliphatic hydroxyl groups excluding tert-OH is 1. The Balaban J connectivity index is 1.61. The minimum absolute atomic E-state index is 0.0704. The Morgan fingerprint density at radius 2 is 1.86 bits per heavy atom. The Bertz CT molecular complexity index is 949. The van der Waals surface area contributed by atoms with Gasteiger partial charge < -0.3 is 20.5 Å². The van der Waals surface area contributed by atoms with Crippen molar-refractivity contribution < 1.29 is 23.0 Å². The molecule has 1 unspecified atom stereocenters. The van der Waals surface area contributed by atoms with Gasteiger partial charge in [0, 0.05) is 24.5 Å².